The van der Waals surface area contributed by atoms with Crippen LogP contribution in [0.5, 0.6) is 0 Å². The molecule has 0 aromatic heterocycles. The molecule has 7 heteroatoms. The molecule has 0 bridgehead atoms. The zero-order chi connectivity index (χ0) is 14.5. The minimum absolute atomic E-state index is 0.0151. The van der Waals surface area contributed by atoms with E-state index in [0.717, 1.165) is 6.42 Å². The standard InChI is InChI=1S/C12H25N3O3S/c1-3-5-11(13)12(16)15-8-6-10(7-9-15)14-19(17,18)4-2/h10-11,14H,3-9,13H2,1-2H3/t11-/m1/s1. The summed E-state index contributed by atoms with van der Waals surface area (Å²) in [7, 11) is -3.16. The maximum Gasteiger partial charge on any atom is 0.239 e. The van der Waals surface area contributed by atoms with Crippen LogP contribution in [0.3, 0.4) is 0 Å². The molecule has 1 aliphatic heterocycles. The minimum atomic E-state index is -3.16. The van der Waals surface area contributed by atoms with Crippen molar-refractivity contribution in [2.24, 2.45) is 5.73 Å². The van der Waals surface area contributed by atoms with Crippen molar-refractivity contribution in [1.29, 1.82) is 0 Å². The Morgan fingerprint density at radius 3 is 2.42 bits per heavy atom. The van der Waals surface area contributed by atoms with E-state index in [1.165, 1.54) is 0 Å². The Balaban J connectivity index is 2.43. The largest absolute Gasteiger partial charge is 0.341 e. The molecule has 1 amide bonds. The first-order chi connectivity index (χ1) is 8.89. The summed E-state index contributed by atoms with van der Waals surface area (Å²) >= 11 is 0. The van der Waals surface area contributed by atoms with Gasteiger partial charge in [-0.25, -0.2) is 13.1 Å². The van der Waals surface area contributed by atoms with Crippen molar-refractivity contribution < 1.29 is 13.2 Å². The van der Waals surface area contributed by atoms with E-state index in [9.17, 15) is 13.2 Å². The lowest BCUT2D eigenvalue weighted by Gasteiger charge is -2.33. The highest BCUT2D eigenvalue weighted by Gasteiger charge is 2.27. The highest BCUT2D eigenvalue weighted by molar-refractivity contribution is 7.89. The van der Waals surface area contributed by atoms with Crippen molar-refractivity contribution in [2.45, 2.75) is 51.6 Å². The summed E-state index contributed by atoms with van der Waals surface area (Å²) in [5.74, 6) is 0.0757. The van der Waals surface area contributed by atoms with E-state index in [-0.39, 0.29) is 17.7 Å². The van der Waals surface area contributed by atoms with Crippen LogP contribution in [0.4, 0.5) is 0 Å². The second kappa shape index (κ2) is 7.21. The van der Waals surface area contributed by atoms with Gasteiger partial charge in [0.1, 0.15) is 0 Å². The molecule has 1 saturated heterocycles. The molecule has 0 spiro atoms. The highest BCUT2D eigenvalue weighted by atomic mass is 32.2. The fourth-order valence-corrected chi connectivity index (χ4v) is 3.13. The lowest BCUT2D eigenvalue weighted by molar-refractivity contribution is -0.133. The van der Waals surface area contributed by atoms with Gasteiger partial charge in [-0.05, 0) is 26.2 Å². The lowest BCUT2D eigenvalue weighted by Crippen LogP contribution is -2.51. The SMILES string of the molecule is CCC[C@@H](N)C(=O)N1CCC(NS(=O)(=O)CC)CC1. The summed E-state index contributed by atoms with van der Waals surface area (Å²) in [5.41, 5.74) is 5.81. The van der Waals surface area contributed by atoms with Crippen molar-refractivity contribution in [3.05, 3.63) is 0 Å². The van der Waals surface area contributed by atoms with E-state index in [4.69, 9.17) is 5.73 Å². The first kappa shape index (κ1) is 16.4. The number of sulfonamides is 1. The second-order valence-corrected chi connectivity index (χ2v) is 7.06. The number of amides is 1. The van der Waals surface area contributed by atoms with Crippen LogP contribution in [0, 0.1) is 0 Å². The van der Waals surface area contributed by atoms with Crippen LogP contribution in [-0.4, -0.2) is 50.2 Å². The van der Waals surface area contributed by atoms with Crippen LogP contribution in [0.15, 0.2) is 0 Å². The molecule has 6 nitrogen and oxygen atoms in total. The number of rotatable bonds is 6. The molecule has 0 aromatic carbocycles. The first-order valence-corrected chi connectivity index (χ1v) is 8.59. The number of nitrogens with two attached hydrogens (primary N) is 1. The van der Waals surface area contributed by atoms with Crippen LogP contribution in [-0.2, 0) is 14.8 Å². The summed E-state index contributed by atoms with van der Waals surface area (Å²) in [4.78, 5) is 13.7. The third-order valence-corrected chi connectivity index (χ3v) is 4.90. The topological polar surface area (TPSA) is 92.5 Å². The predicted molar refractivity (Wildman–Crippen MR) is 75.1 cm³/mol. The quantitative estimate of drug-likeness (QED) is 0.723. The summed E-state index contributed by atoms with van der Waals surface area (Å²) in [6, 6.07) is -0.481. The molecule has 1 atom stereocenters. The van der Waals surface area contributed by atoms with Gasteiger partial charge in [0.05, 0.1) is 11.8 Å². The third-order valence-electron chi connectivity index (χ3n) is 3.45. The number of nitrogens with one attached hydrogen (secondary N) is 1. The predicted octanol–water partition coefficient (Wildman–Crippen LogP) is 0.0441. The van der Waals surface area contributed by atoms with Crippen molar-refractivity contribution in [1.82, 2.24) is 9.62 Å². The fourth-order valence-electron chi connectivity index (χ4n) is 2.22. The zero-order valence-corrected chi connectivity index (χ0v) is 12.6. The Morgan fingerprint density at radius 2 is 1.95 bits per heavy atom. The monoisotopic (exact) mass is 291 g/mol. The van der Waals surface area contributed by atoms with Crippen LogP contribution in [0.1, 0.15) is 39.5 Å². The summed E-state index contributed by atoms with van der Waals surface area (Å²) in [6.07, 6.45) is 2.90. The third kappa shape index (κ3) is 5.08. The average molecular weight is 291 g/mol. The van der Waals surface area contributed by atoms with Gasteiger partial charge in [-0.15, -0.1) is 0 Å². The molecular formula is C12H25N3O3S. The molecule has 19 heavy (non-hydrogen) atoms. The van der Waals surface area contributed by atoms with Crippen LogP contribution < -0.4 is 10.5 Å². The van der Waals surface area contributed by atoms with Gasteiger partial charge >= 0.3 is 0 Å². The number of hydrogen-bond donors (Lipinski definition) is 2. The van der Waals surface area contributed by atoms with Crippen molar-refractivity contribution in [3.8, 4) is 0 Å². The van der Waals surface area contributed by atoms with Gasteiger partial charge in [0.15, 0.2) is 0 Å². The maximum absolute atomic E-state index is 12.0. The van der Waals surface area contributed by atoms with Crippen molar-refractivity contribution in [3.63, 3.8) is 0 Å². The first-order valence-electron chi connectivity index (χ1n) is 6.94. The molecule has 0 radical (unpaired) electrons. The van der Waals surface area contributed by atoms with Crippen molar-refractivity contribution in [2.75, 3.05) is 18.8 Å². The lowest BCUT2D eigenvalue weighted by atomic mass is 10.0. The molecule has 1 aliphatic rings. The smallest absolute Gasteiger partial charge is 0.239 e. The van der Waals surface area contributed by atoms with Crippen molar-refractivity contribution >= 4 is 15.9 Å². The zero-order valence-electron chi connectivity index (χ0n) is 11.8. The van der Waals surface area contributed by atoms with Gasteiger partial charge in [0, 0.05) is 19.1 Å². The number of carbonyl (C=O) groups is 1. The van der Waals surface area contributed by atoms with Crippen LogP contribution >= 0.6 is 0 Å². The summed E-state index contributed by atoms with van der Waals surface area (Å²) < 4.78 is 25.6. The normalized spacial score (nSPS) is 19.4. The van der Waals surface area contributed by atoms with Gasteiger partial charge in [-0.3, -0.25) is 4.79 Å². The van der Waals surface area contributed by atoms with E-state index in [1.54, 1.807) is 11.8 Å². The number of hydrogen-bond acceptors (Lipinski definition) is 4. The molecule has 1 heterocycles. The fraction of sp³-hybridized carbons (Fsp3) is 0.917. The van der Waals surface area contributed by atoms with Crippen LogP contribution in [0.25, 0.3) is 0 Å². The Hall–Kier alpha value is -0.660. The Morgan fingerprint density at radius 1 is 1.37 bits per heavy atom. The Bertz CT molecular complexity index is 389. The van der Waals surface area contributed by atoms with E-state index >= 15 is 0 Å². The van der Waals surface area contributed by atoms with Crippen LogP contribution in [0.2, 0.25) is 0 Å². The van der Waals surface area contributed by atoms with Gasteiger partial charge < -0.3 is 10.6 Å². The molecule has 0 aliphatic carbocycles. The van der Waals surface area contributed by atoms with Gasteiger partial charge in [-0.1, -0.05) is 13.3 Å². The molecule has 112 valence electrons. The molecular weight excluding hydrogens is 266 g/mol. The number of nitrogens with zero attached hydrogens (tertiary/aromatic N) is 1. The summed E-state index contributed by atoms with van der Waals surface area (Å²) in [5, 5.41) is 0. The molecule has 3 N–H and O–H groups in total. The van der Waals surface area contributed by atoms with E-state index in [1.807, 2.05) is 6.92 Å². The van der Waals surface area contributed by atoms with Gasteiger partial charge in [-0.2, -0.15) is 0 Å². The molecule has 1 fully saturated rings. The number of carbonyl (C=O) groups excluding carboxylic acids is 1. The van der Waals surface area contributed by atoms with Gasteiger partial charge in [0.25, 0.3) is 0 Å². The number of piperidine rings is 1. The molecule has 1 rings (SSSR count). The van der Waals surface area contributed by atoms with E-state index in [0.29, 0.717) is 32.4 Å². The Labute approximate surface area is 115 Å². The minimum Gasteiger partial charge on any atom is -0.341 e. The average Bonchev–Trinajstić information content (AvgIpc) is 2.38. The number of likely N-dealkylation sites (tertiary alicyclic amines) is 1. The van der Waals surface area contributed by atoms with E-state index in [2.05, 4.69) is 4.72 Å². The highest BCUT2D eigenvalue weighted by Crippen LogP contribution is 2.13. The maximum atomic E-state index is 12.0. The second-order valence-electron chi connectivity index (χ2n) is 5.02. The van der Waals surface area contributed by atoms with Gasteiger partial charge in [0.2, 0.25) is 15.9 Å². The summed E-state index contributed by atoms with van der Waals surface area (Å²) in [6.45, 7) is 4.77. The molecule has 0 saturated carbocycles. The Kier molecular flexibility index (Phi) is 6.22. The molecule has 0 aromatic rings. The molecule has 0 unspecified atom stereocenters. The van der Waals surface area contributed by atoms with E-state index < -0.39 is 16.1 Å².